The molecular formula is C27H33FN4O5. The van der Waals surface area contributed by atoms with Crippen LogP contribution >= 0.6 is 0 Å². The van der Waals surface area contributed by atoms with Crippen molar-refractivity contribution in [3.05, 3.63) is 65.5 Å². The van der Waals surface area contributed by atoms with Crippen molar-refractivity contribution in [3.8, 4) is 5.75 Å². The smallest absolute Gasteiger partial charge is 0.242 e. The minimum absolute atomic E-state index is 0.0335. The first kappa shape index (κ1) is 26.6. The number of piperazine rings is 1. The maximum Gasteiger partial charge on any atom is 0.242 e. The van der Waals surface area contributed by atoms with E-state index in [-0.39, 0.29) is 42.5 Å². The first-order valence-electron chi connectivity index (χ1n) is 12.5. The van der Waals surface area contributed by atoms with Crippen LogP contribution in [0.3, 0.4) is 0 Å². The maximum absolute atomic E-state index is 14.4. The second kappa shape index (κ2) is 12.2. The highest BCUT2D eigenvalue weighted by Crippen LogP contribution is 2.21. The van der Waals surface area contributed by atoms with Crippen LogP contribution in [0, 0.1) is 5.82 Å². The van der Waals surface area contributed by atoms with Crippen molar-refractivity contribution in [1.29, 1.82) is 0 Å². The van der Waals surface area contributed by atoms with E-state index in [1.807, 2.05) is 30.3 Å². The molecule has 2 aromatic rings. The van der Waals surface area contributed by atoms with E-state index >= 15 is 0 Å². The zero-order chi connectivity index (χ0) is 26.4. The first-order chi connectivity index (χ1) is 17.8. The molecule has 0 aliphatic carbocycles. The Balaban J connectivity index is 1.45. The number of halogens is 1. The predicted molar refractivity (Wildman–Crippen MR) is 134 cm³/mol. The minimum Gasteiger partial charge on any atom is -0.491 e. The third kappa shape index (κ3) is 7.27. The van der Waals surface area contributed by atoms with E-state index in [2.05, 4.69) is 16.0 Å². The van der Waals surface area contributed by atoms with Gasteiger partial charge in [0, 0.05) is 39.0 Å². The van der Waals surface area contributed by atoms with Crippen molar-refractivity contribution in [3.63, 3.8) is 0 Å². The van der Waals surface area contributed by atoms with Gasteiger partial charge in [0.05, 0.1) is 18.2 Å². The molecule has 4 atom stereocenters. The molecule has 2 aromatic carbocycles. The van der Waals surface area contributed by atoms with Gasteiger partial charge in [-0.25, -0.2) is 4.39 Å². The van der Waals surface area contributed by atoms with Gasteiger partial charge >= 0.3 is 0 Å². The van der Waals surface area contributed by atoms with Gasteiger partial charge < -0.3 is 30.7 Å². The summed E-state index contributed by atoms with van der Waals surface area (Å²) in [7, 11) is 0. The quantitative estimate of drug-likeness (QED) is 0.376. The van der Waals surface area contributed by atoms with Gasteiger partial charge in [-0.3, -0.25) is 14.4 Å². The van der Waals surface area contributed by atoms with Gasteiger partial charge in [-0.05, 0) is 36.1 Å². The number of carbonyl (C=O) groups excluding carboxylic acids is 3. The summed E-state index contributed by atoms with van der Waals surface area (Å²) in [4.78, 5) is 38.3. The molecule has 2 saturated heterocycles. The van der Waals surface area contributed by atoms with Crippen molar-refractivity contribution < 1.29 is 28.6 Å². The Morgan fingerprint density at radius 3 is 2.70 bits per heavy atom. The fraction of sp³-hybridized carbons (Fsp3) is 0.444. The van der Waals surface area contributed by atoms with E-state index in [1.54, 1.807) is 11.0 Å². The highest BCUT2D eigenvalue weighted by atomic mass is 19.1. The van der Waals surface area contributed by atoms with Gasteiger partial charge in [-0.2, -0.15) is 0 Å². The molecule has 0 spiro atoms. The van der Waals surface area contributed by atoms with E-state index in [1.165, 1.54) is 19.1 Å². The fourth-order valence-electron chi connectivity index (χ4n) is 4.80. The maximum atomic E-state index is 14.4. The predicted octanol–water partition coefficient (Wildman–Crippen LogP) is 0.892. The van der Waals surface area contributed by atoms with Crippen molar-refractivity contribution in [1.82, 2.24) is 20.9 Å². The molecule has 4 rings (SSSR count). The third-order valence-corrected chi connectivity index (χ3v) is 6.61. The SMILES string of the molecule is CC(=O)N[C@@H](Cc1cc(F)cc(OC[C@H]2CCC(=O)N2)c1)[C@H](O)[C@@H]1NCCN(Cc2ccccc2)C1=O. The Labute approximate surface area is 215 Å². The van der Waals surface area contributed by atoms with Crippen molar-refractivity contribution in [2.24, 2.45) is 0 Å². The summed E-state index contributed by atoms with van der Waals surface area (Å²) in [5, 5.41) is 19.8. The molecule has 0 bridgehead atoms. The molecule has 0 aromatic heterocycles. The van der Waals surface area contributed by atoms with Crippen LogP contribution in [-0.4, -0.2) is 71.7 Å². The standard InChI is InChI=1S/C27H33FN4O5/c1-17(33)30-23(13-19-11-20(28)14-22(12-19)37-16-21-7-8-24(34)31-21)26(35)25-27(36)32(10-9-29-25)15-18-5-3-2-4-6-18/h2-6,11-12,14,21,23,25-26,29,35H,7-10,13,15-16H2,1H3,(H,30,33)(H,31,34)/t21-,23+,25+,26+/m1/s1. The number of aliphatic hydroxyl groups is 1. The molecule has 0 saturated carbocycles. The number of hydrogen-bond donors (Lipinski definition) is 4. The summed E-state index contributed by atoms with van der Waals surface area (Å²) in [5.74, 6) is -0.917. The third-order valence-electron chi connectivity index (χ3n) is 6.61. The van der Waals surface area contributed by atoms with Crippen LogP contribution < -0.4 is 20.7 Å². The number of carbonyl (C=O) groups is 3. The number of benzene rings is 2. The summed E-state index contributed by atoms with van der Waals surface area (Å²) >= 11 is 0. The first-order valence-corrected chi connectivity index (χ1v) is 12.5. The monoisotopic (exact) mass is 512 g/mol. The summed E-state index contributed by atoms with van der Waals surface area (Å²) in [5.41, 5.74) is 1.47. The van der Waals surface area contributed by atoms with E-state index in [0.29, 0.717) is 38.0 Å². The highest BCUT2D eigenvalue weighted by Gasteiger charge is 2.38. The Hall–Kier alpha value is -3.50. The molecule has 4 N–H and O–H groups in total. The molecular weight excluding hydrogens is 479 g/mol. The normalized spacial score (nSPS) is 21.3. The van der Waals surface area contributed by atoms with Gasteiger partial charge in [0.2, 0.25) is 17.7 Å². The van der Waals surface area contributed by atoms with Gasteiger partial charge in [-0.15, -0.1) is 0 Å². The minimum atomic E-state index is -1.25. The van der Waals surface area contributed by atoms with E-state index in [9.17, 15) is 23.9 Å². The van der Waals surface area contributed by atoms with Crippen molar-refractivity contribution >= 4 is 17.7 Å². The summed E-state index contributed by atoms with van der Waals surface area (Å²) in [6.07, 6.45) is -0.0767. The lowest BCUT2D eigenvalue weighted by Crippen LogP contribution is -2.63. The lowest BCUT2D eigenvalue weighted by Gasteiger charge is -2.38. The molecule has 198 valence electrons. The van der Waals surface area contributed by atoms with Gasteiger partial charge in [0.25, 0.3) is 0 Å². The number of ether oxygens (including phenoxy) is 1. The van der Waals surface area contributed by atoms with E-state index in [4.69, 9.17) is 4.74 Å². The number of amides is 3. The lowest BCUT2D eigenvalue weighted by molar-refractivity contribution is -0.141. The van der Waals surface area contributed by atoms with Crippen molar-refractivity contribution in [2.75, 3.05) is 19.7 Å². The van der Waals surface area contributed by atoms with Crippen LogP contribution in [0.4, 0.5) is 4.39 Å². The summed E-state index contributed by atoms with van der Waals surface area (Å²) in [6.45, 7) is 2.94. The number of rotatable bonds is 10. The molecule has 0 unspecified atom stereocenters. The Kier molecular flexibility index (Phi) is 8.73. The molecule has 3 amide bonds. The highest BCUT2D eigenvalue weighted by molar-refractivity contribution is 5.83. The van der Waals surface area contributed by atoms with Crippen LogP contribution in [0.15, 0.2) is 48.5 Å². The number of hydrogen-bond acceptors (Lipinski definition) is 6. The van der Waals surface area contributed by atoms with Crippen LogP contribution in [0.25, 0.3) is 0 Å². The van der Waals surface area contributed by atoms with E-state index < -0.39 is 24.0 Å². The summed E-state index contributed by atoms with van der Waals surface area (Å²) < 4.78 is 20.1. The Morgan fingerprint density at radius 2 is 2.00 bits per heavy atom. The zero-order valence-electron chi connectivity index (χ0n) is 20.8. The topological polar surface area (TPSA) is 120 Å². The molecule has 9 nitrogen and oxygen atoms in total. The van der Waals surface area contributed by atoms with Gasteiger partial charge in [0.15, 0.2) is 0 Å². The molecule has 10 heteroatoms. The molecule has 2 aliphatic rings. The second-order valence-corrected chi connectivity index (χ2v) is 9.59. The fourth-order valence-corrected chi connectivity index (χ4v) is 4.80. The largest absolute Gasteiger partial charge is 0.491 e. The van der Waals surface area contributed by atoms with E-state index in [0.717, 1.165) is 5.56 Å². The average molecular weight is 513 g/mol. The Bertz CT molecular complexity index is 1120. The van der Waals surface area contributed by atoms with Crippen LogP contribution in [0.1, 0.15) is 30.9 Å². The molecule has 0 radical (unpaired) electrons. The molecule has 2 fully saturated rings. The van der Waals surface area contributed by atoms with Crippen LogP contribution in [0.2, 0.25) is 0 Å². The average Bonchev–Trinajstić information content (AvgIpc) is 3.28. The Morgan fingerprint density at radius 1 is 1.22 bits per heavy atom. The number of aliphatic hydroxyl groups excluding tert-OH is 1. The zero-order valence-corrected chi connectivity index (χ0v) is 20.8. The van der Waals surface area contributed by atoms with Crippen LogP contribution in [0.5, 0.6) is 5.75 Å². The molecule has 2 heterocycles. The molecule has 2 aliphatic heterocycles. The number of nitrogens with one attached hydrogen (secondary N) is 3. The van der Waals surface area contributed by atoms with Gasteiger partial charge in [0.1, 0.15) is 24.2 Å². The van der Waals surface area contributed by atoms with Crippen molar-refractivity contribution in [2.45, 2.75) is 57.0 Å². The number of nitrogens with zero attached hydrogens (tertiary/aromatic N) is 1. The van der Waals surface area contributed by atoms with Gasteiger partial charge in [-0.1, -0.05) is 30.3 Å². The second-order valence-electron chi connectivity index (χ2n) is 9.59. The lowest BCUT2D eigenvalue weighted by atomic mass is 9.94. The van der Waals surface area contributed by atoms with Crippen LogP contribution in [-0.2, 0) is 27.3 Å². The summed E-state index contributed by atoms with van der Waals surface area (Å²) in [6, 6.07) is 11.9. The molecule has 37 heavy (non-hydrogen) atoms.